The number of hydrogen-bond acceptors (Lipinski definition) is 2. The van der Waals surface area contributed by atoms with E-state index >= 15 is 0 Å². The van der Waals surface area contributed by atoms with Crippen LogP contribution in [0.5, 0.6) is 0 Å². The van der Waals surface area contributed by atoms with Crippen molar-refractivity contribution in [3.8, 4) is 0 Å². The van der Waals surface area contributed by atoms with Gasteiger partial charge in [-0.15, -0.1) is 0 Å². The summed E-state index contributed by atoms with van der Waals surface area (Å²) < 4.78 is 0. The lowest BCUT2D eigenvalue weighted by Crippen LogP contribution is -2.26. The molecular weight excluding hydrogens is 218 g/mol. The average Bonchev–Trinajstić information content (AvgIpc) is 2.79. The lowest BCUT2D eigenvalue weighted by Gasteiger charge is -2.07. The van der Waals surface area contributed by atoms with E-state index in [0.717, 1.165) is 19.3 Å². The lowest BCUT2D eigenvalue weighted by atomic mass is 10.1. The Balaban J connectivity index is 2.39. The minimum atomic E-state index is -1.05. The molecule has 0 aromatic rings. The van der Waals surface area contributed by atoms with Crippen LogP contribution in [-0.4, -0.2) is 23.5 Å². The molecule has 1 aliphatic rings. The van der Waals surface area contributed by atoms with Crippen LogP contribution >= 0.6 is 0 Å². The average molecular weight is 237 g/mol. The molecule has 17 heavy (non-hydrogen) atoms. The van der Waals surface area contributed by atoms with E-state index in [1.807, 2.05) is 0 Å². The predicted molar refractivity (Wildman–Crippen MR) is 65.6 cm³/mol. The molecule has 0 spiro atoms. The number of amides is 1. The van der Waals surface area contributed by atoms with Crippen LogP contribution in [0.25, 0.3) is 0 Å². The van der Waals surface area contributed by atoms with Crippen molar-refractivity contribution in [2.24, 2.45) is 0 Å². The first kappa shape index (κ1) is 13.5. The van der Waals surface area contributed by atoms with Crippen molar-refractivity contribution in [1.82, 2.24) is 5.32 Å². The van der Waals surface area contributed by atoms with Gasteiger partial charge >= 0.3 is 5.97 Å². The van der Waals surface area contributed by atoms with Crippen molar-refractivity contribution in [3.05, 3.63) is 22.8 Å². The normalized spacial score (nSPS) is 16.2. The monoisotopic (exact) mass is 237 g/mol. The standard InChI is InChI=1S/C13H19NO3/c1-9(10(2)13(16)17)12(15)14-8-7-11-5-3-4-6-11/h5H,3-4,6-8H2,1-2H3,(H,14,15)(H,16,17). The highest BCUT2D eigenvalue weighted by Crippen LogP contribution is 2.19. The molecule has 4 nitrogen and oxygen atoms in total. The number of nitrogens with one attached hydrogen (secondary N) is 1. The number of hydrogen-bond donors (Lipinski definition) is 2. The Hall–Kier alpha value is -1.58. The number of carboxylic acids is 1. The third kappa shape index (κ3) is 4.06. The Labute approximate surface area is 101 Å². The third-order valence-corrected chi connectivity index (χ3v) is 3.09. The van der Waals surface area contributed by atoms with E-state index in [0.29, 0.717) is 6.54 Å². The van der Waals surface area contributed by atoms with E-state index < -0.39 is 5.97 Å². The van der Waals surface area contributed by atoms with Gasteiger partial charge in [0.1, 0.15) is 0 Å². The van der Waals surface area contributed by atoms with Crippen LogP contribution in [0.1, 0.15) is 39.5 Å². The molecule has 0 saturated carbocycles. The summed E-state index contributed by atoms with van der Waals surface area (Å²) in [5.41, 5.74) is 1.77. The lowest BCUT2D eigenvalue weighted by molar-refractivity contribution is -0.133. The molecule has 0 heterocycles. The fraction of sp³-hybridized carbons (Fsp3) is 0.538. The zero-order valence-corrected chi connectivity index (χ0v) is 10.4. The molecule has 0 atom stereocenters. The molecular formula is C13H19NO3. The Morgan fingerprint density at radius 1 is 1.35 bits per heavy atom. The maximum atomic E-state index is 11.6. The maximum Gasteiger partial charge on any atom is 0.331 e. The molecule has 2 N–H and O–H groups in total. The molecule has 0 bridgehead atoms. The van der Waals surface area contributed by atoms with E-state index in [9.17, 15) is 9.59 Å². The van der Waals surface area contributed by atoms with Crippen LogP contribution in [0.3, 0.4) is 0 Å². The van der Waals surface area contributed by atoms with Crippen molar-refractivity contribution >= 4 is 11.9 Å². The Morgan fingerprint density at radius 2 is 2.06 bits per heavy atom. The van der Waals surface area contributed by atoms with E-state index in [1.54, 1.807) is 0 Å². The second-order valence-electron chi connectivity index (χ2n) is 4.32. The van der Waals surface area contributed by atoms with Crippen molar-refractivity contribution in [2.75, 3.05) is 6.54 Å². The number of rotatable bonds is 5. The molecule has 0 fully saturated rings. The highest BCUT2D eigenvalue weighted by molar-refractivity contribution is 6.01. The SMILES string of the molecule is CC(C(=O)O)=C(C)C(=O)NCCC1=CCCC1. The second kappa shape index (κ2) is 6.23. The van der Waals surface area contributed by atoms with Gasteiger partial charge in [0.25, 0.3) is 0 Å². The molecule has 94 valence electrons. The third-order valence-electron chi connectivity index (χ3n) is 3.09. The van der Waals surface area contributed by atoms with Gasteiger partial charge < -0.3 is 10.4 Å². The van der Waals surface area contributed by atoms with Gasteiger partial charge in [0.2, 0.25) is 5.91 Å². The van der Waals surface area contributed by atoms with E-state index in [-0.39, 0.29) is 17.1 Å². The molecule has 0 aliphatic heterocycles. The summed E-state index contributed by atoms with van der Waals surface area (Å²) >= 11 is 0. The minimum absolute atomic E-state index is 0.0996. The van der Waals surface area contributed by atoms with Gasteiger partial charge in [-0.1, -0.05) is 11.6 Å². The van der Waals surface area contributed by atoms with E-state index in [1.165, 1.54) is 25.8 Å². The fourth-order valence-electron chi connectivity index (χ4n) is 1.76. The Morgan fingerprint density at radius 3 is 2.59 bits per heavy atom. The van der Waals surface area contributed by atoms with Gasteiger partial charge in [-0.2, -0.15) is 0 Å². The first-order valence-electron chi connectivity index (χ1n) is 5.89. The van der Waals surface area contributed by atoms with Crippen LogP contribution in [0, 0.1) is 0 Å². The molecule has 1 rings (SSSR count). The topological polar surface area (TPSA) is 66.4 Å². The minimum Gasteiger partial charge on any atom is -0.478 e. The highest BCUT2D eigenvalue weighted by Gasteiger charge is 2.12. The van der Waals surface area contributed by atoms with Gasteiger partial charge in [0.05, 0.1) is 0 Å². The summed E-state index contributed by atoms with van der Waals surface area (Å²) in [5, 5.41) is 11.5. The van der Waals surface area contributed by atoms with Gasteiger partial charge in [0.15, 0.2) is 0 Å². The smallest absolute Gasteiger partial charge is 0.331 e. The maximum absolute atomic E-state index is 11.6. The molecule has 0 radical (unpaired) electrons. The molecule has 0 unspecified atom stereocenters. The molecule has 0 aromatic heterocycles. The van der Waals surface area contributed by atoms with E-state index in [2.05, 4.69) is 11.4 Å². The van der Waals surface area contributed by atoms with Crippen LogP contribution in [0.4, 0.5) is 0 Å². The molecule has 4 heteroatoms. The quantitative estimate of drug-likeness (QED) is 0.568. The molecule has 0 aromatic carbocycles. The van der Waals surface area contributed by atoms with Crippen molar-refractivity contribution < 1.29 is 14.7 Å². The number of carbonyl (C=O) groups is 2. The fourth-order valence-corrected chi connectivity index (χ4v) is 1.76. The summed E-state index contributed by atoms with van der Waals surface area (Å²) in [4.78, 5) is 22.3. The number of allylic oxidation sites excluding steroid dienone is 1. The summed E-state index contributed by atoms with van der Waals surface area (Å²) in [7, 11) is 0. The molecule has 1 amide bonds. The van der Waals surface area contributed by atoms with Gasteiger partial charge in [0, 0.05) is 17.7 Å². The Bertz CT molecular complexity index is 380. The summed E-state index contributed by atoms with van der Waals surface area (Å²) in [6.07, 6.45) is 6.56. The van der Waals surface area contributed by atoms with Crippen molar-refractivity contribution in [2.45, 2.75) is 39.5 Å². The van der Waals surface area contributed by atoms with Crippen LogP contribution in [0.15, 0.2) is 22.8 Å². The van der Waals surface area contributed by atoms with E-state index in [4.69, 9.17) is 5.11 Å². The second-order valence-corrected chi connectivity index (χ2v) is 4.32. The van der Waals surface area contributed by atoms with Gasteiger partial charge in [-0.05, 0) is 39.5 Å². The van der Waals surface area contributed by atoms with Crippen molar-refractivity contribution in [1.29, 1.82) is 0 Å². The number of carboxylic acid groups (broad SMARTS) is 1. The van der Waals surface area contributed by atoms with Gasteiger partial charge in [-0.3, -0.25) is 4.79 Å². The zero-order valence-electron chi connectivity index (χ0n) is 10.4. The Kier molecular flexibility index (Phi) is 4.94. The zero-order chi connectivity index (χ0) is 12.8. The van der Waals surface area contributed by atoms with Gasteiger partial charge in [-0.25, -0.2) is 4.79 Å². The number of aliphatic carboxylic acids is 1. The van der Waals surface area contributed by atoms with Crippen LogP contribution in [-0.2, 0) is 9.59 Å². The molecule has 0 saturated heterocycles. The first-order chi connectivity index (χ1) is 8.02. The van der Waals surface area contributed by atoms with Crippen molar-refractivity contribution in [3.63, 3.8) is 0 Å². The van der Waals surface area contributed by atoms with Crippen LogP contribution < -0.4 is 5.32 Å². The first-order valence-corrected chi connectivity index (χ1v) is 5.89. The summed E-state index contributed by atoms with van der Waals surface area (Å²) in [5.74, 6) is -1.33. The molecule has 1 aliphatic carbocycles. The van der Waals surface area contributed by atoms with Crippen LogP contribution in [0.2, 0.25) is 0 Å². The largest absolute Gasteiger partial charge is 0.478 e. The summed E-state index contributed by atoms with van der Waals surface area (Å²) in [6, 6.07) is 0. The predicted octanol–water partition coefficient (Wildman–Crippen LogP) is 2.02. The number of carbonyl (C=O) groups excluding carboxylic acids is 1. The summed E-state index contributed by atoms with van der Waals surface area (Å²) in [6.45, 7) is 3.55. The highest BCUT2D eigenvalue weighted by atomic mass is 16.4.